The minimum atomic E-state index is -0.499. The highest BCUT2D eigenvalue weighted by Gasteiger charge is 2.20. The number of amides is 1. The number of non-ortho nitro benzene ring substituents is 1. The Morgan fingerprint density at radius 2 is 1.93 bits per heavy atom. The summed E-state index contributed by atoms with van der Waals surface area (Å²) in [6.45, 7) is 0.751. The van der Waals surface area contributed by atoms with Crippen molar-refractivity contribution in [1.29, 1.82) is 0 Å². The Balaban J connectivity index is 1.92. The van der Waals surface area contributed by atoms with E-state index in [0.717, 1.165) is 10.4 Å². The largest absolute Gasteiger partial charge is 0.496 e. The van der Waals surface area contributed by atoms with Gasteiger partial charge < -0.3 is 9.64 Å². The van der Waals surface area contributed by atoms with Crippen LogP contribution >= 0.6 is 11.3 Å². The zero-order chi connectivity index (χ0) is 19.2. The summed E-state index contributed by atoms with van der Waals surface area (Å²) < 4.78 is 5.39. The van der Waals surface area contributed by atoms with Crippen molar-refractivity contribution in [1.82, 2.24) is 4.90 Å². The third-order valence-electron chi connectivity index (χ3n) is 4.07. The molecule has 1 amide bonds. The second-order valence-corrected chi connectivity index (χ2v) is 6.89. The van der Waals surface area contributed by atoms with Crippen molar-refractivity contribution >= 4 is 22.9 Å². The molecule has 0 bridgehead atoms. The molecule has 0 fully saturated rings. The molecular formula is C20H18N2O4S. The molecule has 2 aromatic carbocycles. The Kier molecular flexibility index (Phi) is 5.83. The van der Waals surface area contributed by atoms with Crippen LogP contribution in [-0.4, -0.2) is 22.8 Å². The highest BCUT2D eigenvalue weighted by atomic mass is 32.1. The second-order valence-electron chi connectivity index (χ2n) is 5.86. The summed E-state index contributed by atoms with van der Waals surface area (Å²) in [4.78, 5) is 26.4. The number of nitro groups is 1. The normalized spacial score (nSPS) is 10.4. The first-order valence-corrected chi connectivity index (χ1v) is 9.14. The summed E-state index contributed by atoms with van der Waals surface area (Å²) in [5.41, 5.74) is 1.06. The number of carbonyl (C=O) groups excluding carboxylic acids is 1. The number of nitro benzene ring substituents is 1. The van der Waals surface area contributed by atoms with E-state index in [0.29, 0.717) is 18.8 Å². The fourth-order valence-electron chi connectivity index (χ4n) is 2.76. The van der Waals surface area contributed by atoms with E-state index >= 15 is 0 Å². The van der Waals surface area contributed by atoms with Crippen LogP contribution in [0.1, 0.15) is 20.8 Å². The highest BCUT2D eigenvalue weighted by Crippen LogP contribution is 2.24. The van der Waals surface area contributed by atoms with Crippen LogP contribution in [0.15, 0.2) is 66.0 Å². The van der Waals surface area contributed by atoms with Gasteiger partial charge in [-0.15, -0.1) is 11.3 Å². The molecule has 0 saturated heterocycles. The number of methoxy groups -OCH3 is 1. The molecule has 1 heterocycles. The topological polar surface area (TPSA) is 72.7 Å². The SMILES string of the molecule is COc1ccccc1CN(Cc1cccs1)C(=O)c1cccc([N+](=O)[O-])c1. The summed E-state index contributed by atoms with van der Waals surface area (Å²) in [6.07, 6.45) is 0. The molecule has 27 heavy (non-hydrogen) atoms. The maximum Gasteiger partial charge on any atom is 0.270 e. The van der Waals surface area contributed by atoms with Gasteiger partial charge in [0.2, 0.25) is 0 Å². The number of benzene rings is 2. The first kappa shape index (κ1) is 18.6. The molecule has 1 aromatic heterocycles. The van der Waals surface area contributed by atoms with E-state index in [1.807, 2.05) is 41.8 Å². The lowest BCUT2D eigenvalue weighted by molar-refractivity contribution is -0.384. The fraction of sp³-hybridized carbons (Fsp3) is 0.150. The number of carbonyl (C=O) groups is 1. The predicted octanol–water partition coefficient (Wildman–Crippen LogP) is 4.51. The van der Waals surface area contributed by atoms with Gasteiger partial charge in [-0.25, -0.2) is 0 Å². The predicted molar refractivity (Wildman–Crippen MR) is 104 cm³/mol. The molecule has 0 aliphatic rings. The smallest absolute Gasteiger partial charge is 0.270 e. The molecule has 0 spiro atoms. The van der Waals surface area contributed by atoms with Gasteiger partial charge in [-0.1, -0.05) is 30.3 Å². The zero-order valence-corrected chi connectivity index (χ0v) is 15.5. The lowest BCUT2D eigenvalue weighted by atomic mass is 10.1. The number of nitrogens with zero attached hydrogens (tertiary/aromatic N) is 2. The Morgan fingerprint density at radius 1 is 1.11 bits per heavy atom. The monoisotopic (exact) mass is 382 g/mol. The Bertz CT molecular complexity index is 941. The number of thiophene rings is 1. The molecule has 0 unspecified atom stereocenters. The van der Waals surface area contributed by atoms with Gasteiger partial charge in [0.15, 0.2) is 0 Å². The van der Waals surface area contributed by atoms with Crippen LogP contribution in [0.25, 0.3) is 0 Å². The van der Waals surface area contributed by atoms with Crippen LogP contribution in [-0.2, 0) is 13.1 Å². The van der Waals surface area contributed by atoms with Gasteiger partial charge in [0.1, 0.15) is 5.75 Å². The van der Waals surface area contributed by atoms with E-state index in [1.54, 1.807) is 29.4 Å². The van der Waals surface area contributed by atoms with Crippen molar-refractivity contribution in [2.24, 2.45) is 0 Å². The van der Waals surface area contributed by atoms with Gasteiger partial charge in [-0.3, -0.25) is 14.9 Å². The molecule has 7 heteroatoms. The summed E-state index contributed by atoms with van der Waals surface area (Å²) >= 11 is 1.56. The average Bonchev–Trinajstić information content (AvgIpc) is 3.20. The molecule has 0 aliphatic heterocycles. The van der Waals surface area contributed by atoms with Crippen LogP contribution in [0.2, 0.25) is 0 Å². The Hall–Kier alpha value is -3.19. The Labute approximate surface area is 160 Å². The average molecular weight is 382 g/mol. The molecule has 0 radical (unpaired) electrons. The fourth-order valence-corrected chi connectivity index (χ4v) is 3.48. The van der Waals surface area contributed by atoms with Crippen molar-refractivity contribution in [3.8, 4) is 5.75 Å². The number of para-hydroxylation sites is 1. The van der Waals surface area contributed by atoms with Crippen molar-refractivity contribution in [3.05, 3.63) is 92.2 Å². The van der Waals surface area contributed by atoms with Gasteiger partial charge in [0.25, 0.3) is 11.6 Å². The summed E-state index contributed by atoms with van der Waals surface area (Å²) in [5, 5.41) is 13.0. The van der Waals surface area contributed by atoms with E-state index in [1.165, 1.54) is 18.2 Å². The maximum absolute atomic E-state index is 13.1. The molecule has 0 aliphatic carbocycles. The van der Waals surface area contributed by atoms with E-state index in [4.69, 9.17) is 4.74 Å². The van der Waals surface area contributed by atoms with Gasteiger partial charge in [-0.2, -0.15) is 0 Å². The number of hydrogen-bond acceptors (Lipinski definition) is 5. The first-order valence-electron chi connectivity index (χ1n) is 8.26. The minimum Gasteiger partial charge on any atom is -0.496 e. The first-order chi connectivity index (χ1) is 13.1. The lowest BCUT2D eigenvalue weighted by Crippen LogP contribution is -2.30. The van der Waals surface area contributed by atoms with Crippen molar-refractivity contribution in [3.63, 3.8) is 0 Å². The maximum atomic E-state index is 13.1. The molecule has 3 aromatic rings. The van der Waals surface area contributed by atoms with Gasteiger partial charge in [0, 0.05) is 28.1 Å². The van der Waals surface area contributed by atoms with Crippen LogP contribution in [0.3, 0.4) is 0 Å². The molecule has 0 N–H and O–H groups in total. The second kappa shape index (κ2) is 8.46. The zero-order valence-electron chi connectivity index (χ0n) is 14.7. The molecule has 3 rings (SSSR count). The van der Waals surface area contributed by atoms with Gasteiger partial charge in [0.05, 0.1) is 25.1 Å². The van der Waals surface area contributed by atoms with Crippen molar-refractivity contribution < 1.29 is 14.5 Å². The molecule has 6 nitrogen and oxygen atoms in total. The van der Waals surface area contributed by atoms with E-state index in [9.17, 15) is 14.9 Å². The number of rotatable bonds is 7. The van der Waals surface area contributed by atoms with E-state index < -0.39 is 4.92 Å². The minimum absolute atomic E-state index is 0.103. The third kappa shape index (κ3) is 4.51. The Morgan fingerprint density at radius 3 is 2.63 bits per heavy atom. The van der Waals surface area contributed by atoms with E-state index in [-0.39, 0.29) is 17.2 Å². The van der Waals surface area contributed by atoms with Gasteiger partial charge >= 0.3 is 0 Å². The molecular weight excluding hydrogens is 364 g/mol. The number of hydrogen-bond donors (Lipinski definition) is 0. The molecule has 0 atom stereocenters. The van der Waals surface area contributed by atoms with Crippen molar-refractivity contribution in [2.45, 2.75) is 13.1 Å². The summed E-state index contributed by atoms with van der Waals surface area (Å²) in [5.74, 6) is 0.429. The summed E-state index contributed by atoms with van der Waals surface area (Å²) in [7, 11) is 1.59. The van der Waals surface area contributed by atoms with Crippen LogP contribution in [0.4, 0.5) is 5.69 Å². The highest BCUT2D eigenvalue weighted by molar-refractivity contribution is 7.09. The van der Waals surface area contributed by atoms with Crippen LogP contribution < -0.4 is 4.74 Å². The molecule has 138 valence electrons. The van der Waals surface area contributed by atoms with Crippen molar-refractivity contribution in [2.75, 3.05) is 7.11 Å². The van der Waals surface area contributed by atoms with Crippen LogP contribution in [0.5, 0.6) is 5.75 Å². The van der Waals surface area contributed by atoms with Crippen LogP contribution in [0, 0.1) is 10.1 Å². The standard InChI is InChI=1S/C20H18N2O4S/c1-26-19-10-3-2-6-16(19)13-21(14-18-9-5-11-27-18)20(23)15-7-4-8-17(12-15)22(24)25/h2-12H,13-14H2,1H3. The quantitative estimate of drug-likeness (QED) is 0.445. The third-order valence-corrected chi connectivity index (χ3v) is 4.93. The van der Waals surface area contributed by atoms with E-state index in [2.05, 4.69) is 0 Å². The number of ether oxygens (including phenoxy) is 1. The lowest BCUT2D eigenvalue weighted by Gasteiger charge is -2.23. The molecule has 0 saturated carbocycles. The van der Waals surface area contributed by atoms with Gasteiger partial charge in [-0.05, 0) is 23.6 Å². The summed E-state index contributed by atoms with van der Waals surface area (Å²) in [6, 6.07) is 17.2.